The van der Waals surface area contributed by atoms with E-state index in [1.807, 2.05) is 48.5 Å². The molecule has 0 saturated heterocycles. The molecule has 9 nitrogen and oxygen atoms in total. The number of aromatic hydroxyl groups is 2. The molecule has 3 aliphatic rings. The van der Waals surface area contributed by atoms with Gasteiger partial charge in [-0.3, -0.25) is 4.99 Å². The zero-order valence-corrected chi connectivity index (χ0v) is 29.5. The fraction of sp³-hybridized carbons (Fsp3) is 0.295. The highest BCUT2D eigenvalue weighted by atomic mass is 16.5. The van der Waals surface area contributed by atoms with E-state index in [2.05, 4.69) is 29.3 Å². The SMILES string of the molecule is COc1cc(C2Oc3cc(OC(CO)CO)c4c(c3CC2O)CC(Cc2ccc3c(c2)=CCN=3)c2cc(O)ccc2-4)cc(CCc2ccccc2)c1O. The first-order valence-electron chi connectivity index (χ1n) is 18.2. The Balaban J connectivity index is 1.20. The van der Waals surface area contributed by atoms with Gasteiger partial charge in [0, 0.05) is 23.6 Å². The molecule has 0 amide bonds. The molecule has 9 heteroatoms. The fourth-order valence-electron chi connectivity index (χ4n) is 8.15. The van der Waals surface area contributed by atoms with Gasteiger partial charge < -0.3 is 39.7 Å². The molecule has 8 rings (SSSR count). The molecule has 2 heterocycles. The summed E-state index contributed by atoms with van der Waals surface area (Å²) in [5.74, 6) is 1.49. The summed E-state index contributed by atoms with van der Waals surface area (Å²) in [5, 5.41) is 55.8. The van der Waals surface area contributed by atoms with Crippen molar-refractivity contribution in [2.75, 3.05) is 26.9 Å². The van der Waals surface area contributed by atoms with Crippen molar-refractivity contribution in [2.45, 2.75) is 56.3 Å². The normalized spacial score (nSPS) is 18.2. The van der Waals surface area contributed by atoms with Crippen molar-refractivity contribution in [1.29, 1.82) is 0 Å². The molecule has 0 bridgehead atoms. The summed E-state index contributed by atoms with van der Waals surface area (Å²) in [7, 11) is 1.51. The van der Waals surface area contributed by atoms with Crippen molar-refractivity contribution in [3.63, 3.8) is 0 Å². The van der Waals surface area contributed by atoms with Gasteiger partial charge >= 0.3 is 0 Å². The van der Waals surface area contributed by atoms with Crippen molar-refractivity contribution in [3.05, 3.63) is 134 Å². The Kier molecular flexibility index (Phi) is 9.55. The fourth-order valence-corrected chi connectivity index (χ4v) is 8.15. The number of fused-ring (bicyclic) bond motifs is 6. The Labute approximate surface area is 307 Å². The van der Waals surface area contributed by atoms with Crippen molar-refractivity contribution in [3.8, 4) is 39.9 Å². The number of methoxy groups -OCH3 is 1. The summed E-state index contributed by atoms with van der Waals surface area (Å²) in [4.78, 5) is 4.54. The summed E-state index contributed by atoms with van der Waals surface area (Å²) in [6.07, 6.45) is 2.40. The van der Waals surface area contributed by atoms with Gasteiger partial charge in [0.05, 0.1) is 38.3 Å². The lowest BCUT2D eigenvalue weighted by Gasteiger charge is -2.37. The molecular weight excluding hydrogens is 670 g/mol. The second kappa shape index (κ2) is 14.6. The summed E-state index contributed by atoms with van der Waals surface area (Å²) < 4.78 is 18.6. The topological polar surface area (TPSA) is 141 Å². The van der Waals surface area contributed by atoms with Crippen LogP contribution < -0.4 is 24.8 Å². The van der Waals surface area contributed by atoms with E-state index >= 15 is 0 Å². The Hall–Kier alpha value is -5.35. The molecule has 5 aromatic rings. The Morgan fingerprint density at radius 1 is 0.849 bits per heavy atom. The summed E-state index contributed by atoms with van der Waals surface area (Å²) >= 11 is 0. The molecule has 0 fully saturated rings. The minimum atomic E-state index is -0.923. The van der Waals surface area contributed by atoms with E-state index in [1.165, 1.54) is 7.11 Å². The van der Waals surface area contributed by atoms with E-state index in [4.69, 9.17) is 14.2 Å². The van der Waals surface area contributed by atoms with E-state index in [0.29, 0.717) is 67.0 Å². The van der Waals surface area contributed by atoms with Crippen molar-refractivity contribution in [2.24, 2.45) is 4.99 Å². The second-order valence-electron chi connectivity index (χ2n) is 14.2. The van der Waals surface area contributed by atoms with Gasteiger partial charge in [-0.1, -0.05) is 48.5 Å². The molecule has 272 valence electrons. The Morgan fingerprint density at radius 3 is 2.47 bits per heavy atom. The van der Waals surface area contributed by atoms with Gasteiger partial charge in [-0.25, -0.2) is 0 Å². The maximum Gasteiger partial charge on any atom is 0.161 e. The van der Waals surface area contributed by atoms with Crippen LogP contribution in [0, 0.1) is 0 Å². The molecule has 5 N–H and O–H groups in total. The molecule has 3 unspecified atom stereocenters. The van der Waals surface area contributed by atoms with E-state index in [9.17, 15) is 25.5 Å². The predicted octanol–water partition coefficient (Wildman–Crippen LogP) is 4.62. The highest BCUT2D eigenvalue weighted by Crippen LogP contribution is 2.52. The van der Waals surface area contributed by atoms with Crippen LogP contribution in [-0.2, 0) is 32.1 Å². The Morgan fingerprint density at radius 2 is 1.68 bits per heavy atom. The molecule has 0 aromatic heterocycles. The number of nitrogens with zero attached hydrogens (tertiary/aromatic N) is 1. The first kappa shape index (κ1) is 34.7. The van der Waals surface area contributed by atoms with E-state index in [-0.39, 0.29) is 17.4 Å². The van der Waals surface area contributed by atoms with Crippen LogP contribution in [0.1, 0.15) is 51.0 Å². The van der Waals surface area contributed by atoms with Crippen LogP contribution in [0.3, 0.4) is 0 Å². The molecule has 0 radical (unpaired) electrons. The standard InChI is InChI=1S/C44H43NO8/c1-51-41-19-30(17-28(43(41)50)9-7-25-5-3-2-4-6-25)44-38(49)21-35-36-18-29(16-26-8-12-37-27(15-26)13-14-45-37)34-20-31(48)10-11-33(34)42(36)40(22-39(35)53-44)52-32(23-46)24-47/h2-6,8,10-13,15,17,19-20,22,29,32,38,44,46-50H,7,9,14,16,18,21,23-24H2,1H3. The number of aliphatic hydroxyl groups is 3. The van der Waals surface area contributed by atoms with Crippen LogP contribution in [0.25, 0.3) is 17.2 Å². The molecule has 53 heavy (non-hydrogen) atoms. The number of phenolic OH excluding ortho intramolecular Hbond substituents is 2. The van der Waals surface area contributed by atoms with Crippen LogP contribution in [0.4, 0.5) is 0 Å². The third kappa shape index (κ3) is 6.72. The number of hydrogen-bond acceptors (Lipinski definition) is 9. The minimum absolute atomic E-state index is 0.0183. The number of phenols is 2. The van der Waals surface area contributed by atoms with Gasteiger partial charge in [0.2, 0.25) is 0 Å². The summed E-state index contributed by atoms with van der Waals surface area (Å²) in [6, 6.07) is 27.1. The first-order valence-corrected chi connectivity index (χ1v) is 18.2. The molecule has 1 aliphatic carbocycles. The lowest BCUT2D eigenvalue weighted by atomic mass is 9.73. The number of aliphatic hydroxyl groups excluding tert-OH is 3. The second-order valence-corrected chi connectivity index (χ2v) is 14.2. The zero-order chi connectivity index (χ0) is 36.6. The smallest absolute Gasteiger partial charge is 0.161 e. The van der Waals surface area contributed by atoms with E-state index in [0.717, 1.165) is 49.5 Å². The van der Waals surface area contributed by atoms with Gasteiger partial charge in [-0.15, -0.1) is 0 Å². The Bertz CT molecular complexity index is 2280. The van der Waals surface area contributed by atoms with Gasteiger partial charge in [0.25, 0.3) is 0 Å². The quantitative estimate of drug-likeness (QED) is 0.134. The highest BCUT2D eigenvalue weighted by molar-refractivity contribution is 5.83. The van der Waals surface area contributed by atoms with Gasteiger partial charge in [-0.2, -0.15) is 0 Å². The van der Waals surface area contributed by atoms with Crippen LogP contribution in [-0.4, -0.2) is 64.6 Å². The first-order chi connectivity index (χ1) is 25.8. The van der Waals surface area contributed by atoms with Crippen LogP contribution in [0.15, 0.2) is 89.9 Å². The molecule has 0 saturated carbocycles. The maximum absolute atomic E-state index is 11.8. The highest BCUT2D eigenvalue weighted by Gasteiger charge is 2.38. The third-order valence-corrected chi connectivity index (χ3v) is 10.8. The molecule has 5 aromatic carbocycles. The number of rotatable bonds is 11. The summed E-state index contributed by atoms with van der Waals surface area (Å²) in [6.45, 7) is -0.105. The molecular formula is C44H43NO8. The zero-order valence-electron chi connectivity index (χ0n) is 29.5. The third-order valence-electron chi connectivity index (χ3n) is 10.8. The average Bonchev–Trinajstić information content (AvgIpc) is 3.65. The van der Waals surface area contributed by atoms with E-state index in [1.54, 1.807) is 18.2 Å². The van der Waals surface area contributed by atoms with Crippen LogP contribution >= 0.6 is 0 Å². The maximum atomic E-state index is 11.8. The molecule has 0 spiro atoms. The van der Waals surface area contributed by atoms with Crippen molar-refractivity contribution in [1.82, 2.24) is 0 Å². The summed E-state index contributed by atoms with van der Waals surface area (Å²) in [5.41, 5.74) is 8.12. The number of hydrogen-bond donors (Lipinski definition) is 5. The van der Waals surface area contributed by atoms with Gasteiger partial charge in [0.15, 0.2) is 11.5 Å². The number of aryl methyl sites for hydroxylation is 2. The lowest BCUT2D eigenvalue weighted by Crippen LogP contribution is -2.32. The number of benzene rings is 5. The molecule has 2 aliphatic heterocycles. The predicted molar refractivity (Wildman–Crippen MR) is 200 cm³/mol. The van der Waals surface area contributed by atoms with Crippen molar-refractivity contribution >= 4 is 6.08 Å². The molecule has 3 atom stereocenters. The van der Waals surface area contributed by atoms with Crippen molar-refractivity contribution < 1.29 is 39.7 Å². The monoisotopic (exact) mass is 713 g/mol. The lowest BCUT2D eigenvalue weighted by molar-refractivity contribution is 0.0195. The van der Waals surface area contributed by atoms with Gasteiger partial charge in [0.1, 0.15) is 29.5 Å². The van der Waals surface area contributed by atoms with Gasteiger partial charge in [-0.05, 0) is 112 Å². The largest absolute Gasteiger partial charge is 0.508 e. The average molecular weight is 714 g/mol. The van der Waals surface area contributed by atoms with Crippen LogP contribution in [0.2, 0.25) is 0 Å². The minimum Gasteiger partial charge on any atom is -0.508 e. The van der Waals surface area contributed by atoms with E-state index < -0.39 is 31.5 Å². The number of ether oxygens (including phenoxy) is 3. The van der Waals surface area contributed by atoms with Crippen LogP contribution in [0.5, 0.6) is 28.7 Å².